The standard InChI is InChI=1S/C23H18O2/c24-23-20(15-19-8-4-5-9-22(19)23)14-17-10-12-21(13-11-17)25-16-18-6-2-1-3-7-18/h1-14H,15-16H2. The highest BCUT2D eigenvalue weighted by Crippen LogP contribution is 2.27. The van der Waals surface area contributed by atoms with E-state index in [0.29, 0.717) is 13.0 Å². The highest BCUT2D eigenvalue weighted by atomic mass is 16.5. The number of fused-ring (bicyclic) bond motifs is 1. The quantitative estimate of drug-likeness (QED) is 0.624. The van der Waals surface area contributed by atoms with Crippen molar-refractivity contribution in [1.82, 2.24) is 0 Å². The molecule has 0 spiro atoms. The second kappa shape index (κ2) is 6.78. The molecule has 4 rings (SSSR count). The highest BCUT2D eigenvalue weighted by molar-refractivity contribution is 6.15. The lowest BCUT2D eigenvalue weighted by atomic mass is 10.1. The molecule has 0 fully saturated rings. The average molecular weight is 326 g/mol. The van der Waals surface area contributed by atoms with Crippen molar-refractivity contribution in [2.45, 2.75) is 13.0 Å². The third-order valence-electron chi connectivity index (χ3n) is 4.40. The van der Waals surface area contributed by atoms with Crippen molar-refractivity contribution >= 4 is 11.9 Å². The van der Waals surface area contributed by atoms with Crippen LogP contribution in [0.1, 0.15) is 27.0 Å². The van der Waals surface area contributed by atoms with Crippen LogP contribution in [0.15, 0.2) is 84.4 Å². The molecule has 0 saturated carbocycles. The monoisotopic (exact) mass is 326 g/mol. The molecule has 0 aromatic heterocycles. The first-order valence-corrected chi connectivity index (χ1v) is 8.39. The van der Waals surface area contributed by atoms with Gasteiger partial charge < -0.3 is 4.74 Å². The van der Waals surface area contributed by atoms with Crippen molar-refractivity contribution in [3.8, 4) is 5.75 Å². The number of carbonyl (C=O) groups excluding carboxylic acids is 1. The second-order valence-electron chi connectivity index (χ2n) is 6.18. The predicted molar refractivity (Wildman–Crippen MR) is 99.7 cm³/mol. The van der Waals surface area contributed by atoms with Crippen LogP contribution in [0.3, 0.4) is 0 Å². The van der Waals surface area contributed by atoms with Crippen LogP contribution in [0.2, 0.25) is 0 Å². The van der Waals surface area contributed by atoms with Crippen molar-refractivity contribution in [1.29, 1.82) is 0 Å². The lowest BCUT2D eigenvalue weighted by molar-refractivity contribution is 0.104. The zero-order chi connectivity index (χ0) is 17.1. The molecule has 0 aliphatic heterocycles. The van der Waals surface area contributed by atoms with Crippen molar-refractivity contribution in [2.24, 2.45) is 0 Å². The topological polar surface area (TPSA) is 26.3 Å². The minimum Gasteiger partial charge on any atom is -0.489 e. The number of ether oxygens (including phenoxy) is 1. The van der Waals surface area contributed by atoms with E-state index in [2.05, 4.69) is 0 Å². The van der Waals surface area contributed by atoms with Gasteiger partial charge in [-0.2, -0.15) is 0 Å². The van der Waals surface area contributed by atoms with Gasteiger partial charge in [0.1, 0.15) is 12.4 Å². The fraction of sp³-hybridized carbons (Fsp3) is 0.0870. The second-order valence-corrected chi connectivity index (χ2v) is 6.18. The summed E-state index contributed by atoms with van der Waals surface area (Å²) in [7, 11) is 0. The summed E-state index contributed by atoms with van der Waals surface area (Å²) < 4.78 is 5.80. The molecule has 0 atom stereocenters. The van der Waals surface area contributed by atoms with Crippen molar-refractivity contribution in [3.05, 3.63) is 107 Å². The maximum atomic E-state index is 12.4. The first kappa shape index (κ1) is 15.4. The molecule has 0 radical (unpaired) electrons. The van der Waals surface area contributed by atoms with Crippen LogP contribution in [0.25, 0.3) is 6.08 Å². The lowest BCUT2D eigenvalue weighted by Crippen LogP contribution is -1.96. The van der Waals surface area contributed by atoms with Crippen LogP contribution in [0.5, 0.6) is 5.75 Å². The summed E-state index contributed by atoms with van der Waals surface area (Å²) in [6.45, 7) is 0.551. The Kier molecular flexibility index (Phi) is 4.17. The summed E-state index contributed by atoms with van der Waals surface area (Å²) in [5, 5.41) is 0. The van der Waals surface area contributed by atoms with Crippen molar-refractivity contribution in [3.63, 3.8) is 0 Å². The zero-order valence-electron chi connectivity index (χ0n) is 13.8. The number of Topliss-reactive ketones (excluding diaryl/α,β-unsaturated/α-hetero) is 1. The van der Waals surface area contributed by atoms with Gasteiger partial charge in [-0.3, -0.25) is 4.79 Å². The third-order valence-corrected chi connectivity index (χ3v) is 4.40. The van der Waals surface area contributed by atoms with E-state index in [4.69, 9.17) is 4.74 Å². The van der Waals surface area contributed by atoms with Gasteiger partial charge in [0, 0.05) is 17.6 Å². The smallest absolute Gasteiger partial charge is 0.189 e. The molecular formula is C23H18O2. The number of hydrogen-bond donors (Lipinski definition) is 0. The predicted octanol–water partition coefficient (Wildman–Crippen LogP) is 5.09. The summed E-state index contributed by atoms with van der Waals surface area (Å²) in [6.07, 6.45) is 2.69. The summed E-state index contributed by atoms with van der Waals surface area (Å²) in [5.74, 6) is 0.965. The van der Waals surface area contributed by atoms with Crippen LogP contribution < -0.4 is 4.74 Å². The molecule has 0 amide bonds. The summed E-state index contributed by atoms with van der Waals surface area (Å²) in [6, 6.07) is 25.8. The maximum Gasteiger partial charge on any atom is 0.189 e. The van der Waals surface area contributed by atoms with Crippen molar-refractivity contribution in [2.75, 3.05) is 0 Å². The number of allylic oxidation sites excluding steroid dienone is 1. The molecule has 0 unspecified atom stereocenters. The van der Waals surface area contributed by atoms with Crippen LogP contribution >= 0.6 is 0 Å². The Bertz CT molecular complexity index is 922. The fourth-order valence-electron chi connectivity index (χ4n) is 3.07. The van der Waals surface area contributed by atoms with Gasteiger partial charge in [0.15, 0.2) is 5.78 Å². The van der Waals surface area contributed by atoms with Gasteiger partial charge in [-0.15, -0.1) is 0 Å². The van der Waals surface area contributed by atoms with E-state index >= 15 is 0 Å². The highest BCUT2D eigenvalue weighted by Gasteiger charge is 2.23. The van der Waals surface area contributed by atoms with E-state index in [0.717, 1.165) is 33.6 Å². The molecule has 3 aromatic rings. The number of hydrogen-bond acceptors (Lipinski definition) is 2. The van der Waals surface area contributed by atoms with Crippen LogP contribution in [-0.2, 0) is 13.0 Å². The molecular weight excluding hydrogens is 308 g/mol. The van der Waals surface area contributed by atoms with Gasteiger partial charge in [-0.25, -0.2) is 0 Å². The molecule has 0 N–H and O–H groups in total. The molecule has 122 valence electrons. The molecule has 1 aliphatic rings. The number of rotatable bonds is 4. The molecule has 2 nitrogen and oxygen atoms in total. The lowest BCUT2D eigenvalue weighted by Gasteiger charge is -2.06. The number of benzene rings is 3. The molecule has 0 bridgehead atoms. The summed E-state index contributed by atoms with van der Waals surface area (Å²) >= 11 is 0. The Morgan fingerprint density at radius 2 is 1.56 bits per heavy atom. The minimum atomic E-state index is 0.139. The van der Waals surface area contributed by atoms with Gasteiger partial charge in [-0.05, 0) is 34.9 Å². The average Bonchev–Trinajstić information content (AvgIpc) is 2.98. The van der Waals surface area contributed by atoms with E-state index in [1.807, 2.05) is 84.9 Å². The van der Waals surface area contributed by atoms with E-state index in [9.17, 15) is 4.79 Å². The molecule has 3 aromatic carbocycles. The first-order chi connectivity index (χ1) is 12.3. The number of carbonyl (C=O) groups is 1. The van der Waals surface area contributed by atoms with E-state index in [-0.39, 0.29) is 5.78 Å². The third kappa shape index (κ3) is 3.38. The van der Waals surface area contributed by atoms with E-state index < -0.39 is 0 Å². The van der Waals surface area contributed by atoms with Crippen LogP contribution in [0.4, 0.5) is 0 Å². The molecule has 0 heterocycles. The Hall–Kier alpha value is -3.13. The number of ketones is 1. The largest absolute Gasteiger partial charge is 0.489 e. The Morgan fingerprint density at radius 3 is 2.32 bits per heavy atom. The fourth-order valence-corrected chi connectivity index (χ4v) is 3.07. The Morgan fingerprint density at radius 1 is 0.840 bits per heavy atom. The summed E-state index contributed by atoms with van der Waals surface area (Å²) in [5.41, 5.74) is 4.95. The molecule has 25 heavy (non-hydrogen) atoms. The van der Waals surface area contributed by atoms with E-state index in [1.54, 1.807) is 0 Å². The molecule has 1 aliphatic carbocycles. The maximum absolute atomic E-state index is 12.4. The molecule has 2 heteroatoms. The SMILES string of the molecule is O=C1C(=Cc2ccc(OCc3ccccc3)cc2)Cc2ccccc21. The van der Waals surface area contributed by atoms with Gasteiger partial charge in [0.25, 0.3) is 0 Å². The van der Waals surface area contributed by atoms with Gasteiger partial charge >= 0.3 is 0 Å². The Labute approximate surface area is 147 Å². The van der Waals surface area contributed by atoms with Crippen molar-refractivity contribution < 1.29 is 9.53 Å². The normalized spacial score (nSPS) is 14.6. The summed E-state index contributed by atoms with van der Waals surface area (Å²) in [4.78, 5) is 12.4. The minimum absolute atomic E-state index is 0.139. The van der Waals surface area contributed by atoms with Gasteiger partial charge in [0.05, 0.1) is 0 Å². The van der Waals surface area contributed by atoms with Gasteiger partial charge in [0.2, 0.25) is 0 Å². The first-order valence-electron chi connectivity index (χ1n) is 8.39. The van der Waals surface area contributed by atoms with Crippen LogP contribution in [-0.4, -0.2) is 5.78 Å². The zero-order valence-corrected chi connectivity index (χ0v) is 13.8. The van der Waals surface area contributed by atoms with Gasteiger partial charge in [-0.1, -0.05) is 66.7 Å². The molecule has 0 saturated heterocycles. The van der Waals surface area contributed by atoms with E-state index in [1.165, 1.54) is 0 Å². The van der Waals surface area contributed by atoms with Crippen LogP contribution in [0, 0.1) is 0 Å². The Balaban J connectivity index is 1.45.